The molecular weight excluding hydrogens is 274 g/mol. The van der Waals surface area contributed by atoms with Crippen LogP contribution in [0, 0.1) is 0 Å². The molecule has 1 fully saturated rings. The van der Waals surface area contributed by atoms with Crippen molar-refractivity contribution < 1.29 is 13.5 Å². The molecule has 1 heterocycles. The van der Waals surface area contributed by atoms with E-state index in [1.54, 1.807) is 23.1 Å². The Labute approximate surface area is 116 Å². The Bertz CT molecular complexity index is 425. The summed E-state index contributed by atoms with van der Waals surface area (Å²) < 4.78 is 32.1. The average Bonchev–Trinajstić information content (AvgIpc) is 2.40. The minimum Gasteiger partial charge on any atom is -0.496 e. The Morgan fingerprint density at radius 2 is 2.00 bits per heavy atom. The summed E-state index contributed by atoms with van der Waals surface area (Å²) in [6.07, 6.45) is -2.48. The topological polar surface area (TPSA) is 24.5 Å². The van der Waals surface area contributed by atoms with Crippen LogP contribution in [0.2, 0.25) is 5.02 Å². The Morgan fingerprint density at radius 3 is 2.58 bits per heavy atom. The summed E-state index contributed by atoms with van der Waals surface area (Å²) in [7, 11) is 1.48. The minimum absolute atomic E-state index is 0.441. The van der Waals surface area contributed by atoms with Crippen molar-refractivity contribution in [3.8, 4) is 5.75 Å². The second kappa shape index (κ2) is 6.50. The first kappa shape index (κ1) is 14.5. The third-order valence-corrected chi connectivity index (χ3v) is 3.53. The first-order valence-corrected chi connectivity index (χ1v) is 6.57. The van der Waals surface area contributed by atoms with Gasteiger partial charge in [0.1, 0.15) is 11.8 Å². The first-order valence-electron chi connectivity index (χ1n) is 6.20. The van der Waals surface area contributed by atoms with Crippen molar-refractivity contribution in [2.75, 3.05) is 33.3 Å². The maximum absolute atomic E-state index is 13.5. The molecule has 0 radical (unpaired) electrons. The highest BCUT2D eigenvalue weighted by atomic mass is 35.5. The highest BCUT2D eigenvalue weighted by Gasteiger charge is 2.32. The molecule has 19 heavy (non-hydrogen) atoms. The van der Waals surface area contributed by atoms with Crippen LogP contribution in [0.1, 0.15) is 11.6 Å². The van der Waals surface area contributed by atoms with Crippen molar-refractivity contribution in [3.05, 3.63) is 28.8 Å². The Kier molecular flexibility index (Phi) is 4.96. The van der Waals surface area contributed by atoms with Crippen LogP contribution in [-0.2, 0) is 0 Å². The predicted molar refractivity (Wildman–Crippen MR) is 71.2 cm³/mol. The van der Waals surface area contributed by atoms with Crippen molar-refractivity contribution in [3.63, 3.8) is 0 Å². The van der Waals surface area contributed by atoms with Gasteiger partial charge < -0.3 is 10.1 Å². The highest BCUT2D eigenvalue weighted by Crippen LogP contribution is 2.35. The van der Waals surface area contributed by atoms with E-state index >= 15 is 0 Å². The molecular formula is C13H17ClF2N2O. The molecule has 0 unspecified atom stereocenters. The standard InChI is InChI=1S/C13H17ClF2N2O/c1-19-11-3-2-9(14)8-10(11)12(13(15)16)18-6-4-17-5-7-18/h2-3,8,12-13,17H,4-7H2,1H3/t12-/m0/s1. The van der Waals surface area contributed by atoms with Gasteiger partial charge in [0.25, 0.3) is 6.43 Å². The number of methoxy groups -OCH3 is 1. The Hall–Kier alpha value is -0.910. The summed E-state index contributed by atoms with van der Waals surface area (Å²) in [4.78, 5) is 1.77. The van der Waals surface area contributed by atoms with Gasteiger partial charge in [-0.05, 0) is 18.2 Å². The highest BCUT2D eigenvalue weighted by molar-refractivity contribution is 6.30. The molecule has 2 rings (SSSR count). The number of benzene rings is 1. The molecule has 0 saturated carbocycles. The van der Waals surface area contributed by atoms with Gasteiger partial charge in [0, 0.05) is 36.8 Å². The zero-order chi connectivity index (χ0) is 13.8. The Morgan fingerprint density at radius 1 is 1.32 bits per heavy atom. The third kappa shape index (κ3) is 3.35. The molecule has 1 aromatic carbocycles. The lowest BCUT2D eigenvalue weighted by Crippen LogP contribution is -2.47. The minimum atomic E-state index is -2.48. The van der Waals surface area contributed by atoms with Crippen LogP contribution in [0.3, 0.4) is 0 Å². The molecule has 0 spiro atoms. The van der Waals surface area contributed by atoms with Gasteiger partial charge in [0.05, 0.1) is 7.11 Å². The van der Waals surface area contributed by atoms with E-state index in [4.69, 9.17) is 16.3 Å². The van der Waals surface area contributed by atoms with Crippen LogP contribution in [0.4, 0.5) is 8.78 Å². The normalized spacial score (nSPS) is 18.6. The molecule has 0 aliphatic carbocycles. The van der Waals surface area contributed by atoms with E-state index in [0.717, 1.165) is 0 Å². The van der Waals surface area contributed by atoms with E-state index in [1.165, 1.54) is 7.11 Å². The monoisotopic (exact) mass is 290 g/mol. The van der Waals surface area contributed by atoms with Crippen molar-refractivity contribution in [2.45, 2.75) is 12.5 Å². The van der Waals surface area contributed by atoms with E-state index in [9.17, 15) is 8.78 Å². The number of nitrogens with one attached hydrogen (secondary N) is 1. The second-order valence-corrected chi connectivity index (χ2v) is 4.89. The van der Waals surface area contributed by atoms with Crippen molar-refractivity contribution in [2.24, 2.45) is 0 Å². The molecule has 106 valence electrons. The lowest BCUT2D eigenvalue weighted by atomic mass is 10.0. The van der Waals surface area contributed by atoms with Crippen LogP contribution in [0.25, 0.3) is 0 Å². The molecule has 1 N–H and O–H groups in total. The van der Waals surface area contributed by atoms with E-state index < -0.39 is 12.5 Å². The maximum atomic E-state index is 13.5. The second-order valence-electron chi connectivity index (χ2n) is 4.45. The van der Waals surface area contributed by atoms with Crippen molar-refractivity contribution in [1.29, 1.82) is 0 Å². The summed E-state index contributed by atoms with van der Waals surface area (Å²) in [5.41, 5.74) is 0.451. The summed E-state index contributed by atoms with van der Waals surface area (Å²) in [6, 6.07) is 3.87. The predicted octanol–water partition coefficient (Wildman–Crippen LogP) is 2.56. The van der Waals surface area contributed by atoms with Gasteiger partial charge in [-0.25, -0.2) is 8.78 Å². The SMILES string of the molecule is COc1ccc(Cl)cc1[C@@H](C(F)F)N1CCNCC1. The van der Waals surface area contributed by atoms with Gasteiger partial charge in [-0.3, -0.25) is 4.90 Å². The van der Waals surface area contributed by atoms with E-state index in [1.807, 2.05) is 0 Å². The van der Waals surface area contributed by atoms with Gasteiger partial charge in [-0.1, -0.05) is 11.6 Å². The molecule has 1 aliphatic heterocycles. The van der Waals surface area contributed by atoms with E-state index in [0.29, 0.717) is 42.5 Å². The zero-order valence-electron chi connectivity index (χ0n) is 10.7. The quantitative estimate of drug-likeness (QED) is 0.922. The summed E-state index contributed by atoms with van der Waals surface area (Å²) in [5, 5.41) is 3.60. The summed E-state index contributed by atoms with van der Waals surface area (Å²) in [5.74, 6) is 0.452. The fourth-order valence-electron chi connectivity index (χ4n) is 2.39. The van der Waals surface area contributed by atoms with Crippen LogP contribution in [-0.4, -0.2) is 44.6 Å². The van der Waals surface area contributed by atoms with Crippen molar-refractivity contribution >= 4 is 11.6 Å². The molecule has 6 heteroatoms. The van der Waals surface area contributed by atoms with E-state index in [-0.39, 0.29) is 0 Å². The third-order valence-electron chi connectivity index (χ3n) is 3.29. The fraction of sp³-hybridized carbons (Fsp3) is 0.538. The molecule has 1 aromatic rings. The fourth-order valence-corrected chi connectivity index (χ4v) is 2.57. The van der Waals surface area contributed by atoms with Gasteiger partial charge in [-0.15, -0.1) is 0 Å². The smallest absolute Gasteiger partial charge is 0.258 e. The lowest BCUT2D eigenvalue weighted by Gasteiger charge is -2.35. The largest absolute Gasteiger partial charge is 0.496 e. The van der Waals surface area contributed by atoms with Gasteiger partial charge in [0.15, 0.2) is 0 Å². The molecule has 0 bridgehead atoms. The number of hydrogen-bond acceptors (Lipinski definition) is 3. The maximum Gasteiger partial charge on any atom is 0.258 e. The van der Waals surface area contributed by atoms with Crippen molar-refractivity contribution in [1.82, 2.24) is 10.2 Å². The molecule has 1 aliphatic rings. The van der Waals surface area contributed by atoms with Gasteiger partial charge in [-0.2, -0.15) is 0 Å². The zero-order valence-corrected chi connectivity index (χ0v) is 11.5. The number of rotatable bonds is 4. The molecule has 0 amide bonds. The number of alkyl halides is 2. The van der Waals surface area contributed by atoms with E-state index in [2.05, 4.69) is 5.32 Å². The molecule has 3 nitrogen and oxygen atoms in total. The number of nitrogens with zero attached hydrogens (tertiary/aromatic N) is 1. The number of piperazine rings is 1. The number of ether oxygens (including phenoxy) is 1. The lowest BCUT2D eigenvalue weighted by molar-refractivity contribution is 0.0170. The van der Waals surface area contributed by atoms with Crippen LogP contribution in [0.15, 0.2) is 18.2 Å². The van der Waals surface area contributed by atoms with Gasteiger partial charge in [0.2, 0.25) is 0 Å². The molecule has 1 saturated heterocycles. The van der Waals surface area contributed by atoms with Crippen LogP contribution < -0.4 is 10.1 Å². The van der Waals surface area contributed by atoms with Gasteiger partial charge >= 0.3 is 0 Å². The molecule has 1 atom stereocenters. The first-order chi connectivity index (χ1) is 9.13. The summed E-state index contributed by atoms with van der Waals surface area (Å²) >= 11 is 5.93. The molecule has 0 aromatic heterocycles. The Balaban J connectivity index is 2.34. The average molecular weight is 291 g/mol. The summed E-state index contributed by atoms with van der Waals surface area (Å²) in [6.45, 7) is 2.60. The number of hydrogen-bond donors (Lipinski definition) is 1. The number of halogens is 3. The van der Waals surface area contributed by atoms with Crippen LogP contribution in [0.5, 0.6) is 5.75 Å². The van der Waals surface area contributed by atoms with Crippen LogP contribution >= 0.6 is 11.6 Å².